The third-order valence-electron chi connectivity index (χ3n) is 5.89. The fraction of sp³-hybridized carbons (Fsp3) is 0.182. The molecule has 0 radical (unpaired) electrons. The first-order valence-corrected chi connectivity index (χ1v) is 10.8. The summed E-state index contributed by atoms with van der Waals surface area (Å²) in [5, 5.41) is 12.8. The molecule has 6 nitrogen and oxygen atoms in total. The third-order valence-corrected chi connectivity index (χ3v) is 7.05. The van der Waals surface area contributed by atoms with Crippen LogP contribution in [0.2, 0.25) is 0 Å². The molecule has 31 heavy (non-hydrogen) atoms. The molecule has 1 spiro atoms. The maximum atomic E-state index is 14.1. The van der Waals surface area contributed by atoms with E-state index in [1.54, 1.807) is 18.2 Å². The molecule has 1 unspecified atom stereocenters. The number of aromatic hydroxyl groups is 1. The van der Waals surface area contributed by atoms with Crippen molar-refractivity contribution in [3.63, 3.8) is 0 Å². The van der Waals surface area contributed by atoms with Crippen LogP contribution >= 0.6 is 0 Å². The molecule has 0 saturated heterocycles. The topological polar surface area (TPSA) is 97.3 Å². The van der Waals surface area contributed by atoms with E-state index in [-0.39, 0.29) is 16.7 Å². The van der Waals surface area contributed by atoms with E-state index in [4.69, 9.17) is 0 Å². The molecular formula is C22H17F2N3O3S. The average molecular weight is 441 g/mol. The van der Waals surface area contributed by atoms with Crippen molar-refractivity contribution in [3.8, 4) is 17.0 Å². The summed E-state index contributed by atoms with van der Waals surface area (Å²) in [7, 11) is 0. The van der Waals surface area contributed by atoms with Gasteiger partial charge in [0.15, 0.2) is 5.82 Å². The summed E-state index contributed by atoms with van der Waals surface area (Å²) in [6.45, 7) is 0. The van der Waals surface area contributed by atoms with E-state index in [0.717, 1.165) is 24.1 Å². The lowest BCUT2D eigenvalue weighted by Crippen LogP contribution is -2.40. The van der Waals surface area contributed by atoms with E-state index in [2.05, 4.69) is 15.0 Å². The second kappa shape index (κ2) is 7.21. The predicted octanol–water partition coefficient (Wildman–Crippen LogP) is 4.24. The Morgan fingerprint density at radius 2 is 1.97 bits per heavy atom. The van der Waals surface area contributed by atoms with Crippen molar-refractivity contribution >= 4 is 28.6 Å². The quantitative estimate of drug-likeness (QED) is 0.526. The number of pyridine rings is 1. The number of hydrogen-bond acceptors (Lipinski definition) is 5. The minimum absolute atomic E-state index is 0.0869. The van der Waals surface area contributed by atoms with Crippen molar-refractivity contribution in [1.29, 1.82) is 0 Å². The van der Waals surface area contributed by atoms with Gasteiger partial charge in [0.25, 0.3) is 0 Å². The number of halogens is 2. The van der Waals surface area contributed by atoms with Gasteiger partial charge < -0.3 is 15.0 Å². The summed E-state index contributed by atoms with van der Waals surface area (Å²) in [6, 6.07) is 9.41. The van der Waals surface area contributed by atoms with Crippen molar-refractivity contribution in [3.05, 3.63) is 65.9 Å². The fourth-order valence-corrected chi connectivity index (χ4v) is 5.07. The Bertz CT molecular complexity index is 1220. The highest BCUT2D eigenvalue weighted by atomic mass is 32.2. The zero-order valence-electron chi connectivity index (χ0n) is 16.1. The largest absolute Gasteiger partial charge is 0.588 e. The summed E-state index contributed by atoms with van der Waals surface area (Å²) in [6.07, 6.45) is 3.76. The molecule has 1 fully saturated rings. The lowest BCUT2D eigenvalue weighted by atomic mass is 9.65. The fourth-order valence-electron chi connectivity index (χ4n) is 4.20. The van der Waals surface area contributed by atoms with E-state index >= 15 is 0 Å². The highest BCUT2D eigenvalue weighted by molar-refractivity contribution is 7.92. The predicted molar refractivity (Wildman–Crippen MR) is 112 cm³/mol. The smallest absolute Gasteiger partial charge is 0.235 e. The number of carbonyl (C=O) groups excluding carboxylic acids is 1. The highest BCUT2D eigenvalue weighted by Gasteiger charge is 2.52. The van der Waals surface area contributed by atoms with Crippen molar-refractivity contribution in [2.75, 3.05) is 10.0 Å². The molecule has 3 N–H and O–H groups in total. The number of carbonyl (C=O) groups is 1. The molecule has 2 heterocycles. The summed E-state index contributed by atoms with van der Waals surface area (Å²) < 4.78 is 42.8. The number of aromatic nitrogens is 1. The Labute approximate surface area is 179 Å². The Kier molecular flexibility index (Phi) is 4.60. The molecule has 5 rings (SSSR count). The van der Waals surface area contributed by atoms with Crippen LogP contribution in [0.25, 0.3) is 11.1 Å². The van der Waals surface area contributed by atoms with Crippen LogP contribution in [0.15, 0.2) is 53.6 Å². The molecule has 2 aliphatic rings. The second-order valence-corrected chi connectivity index (χ2v) is 8.87. The first-order chi connectivity index (χ1) is 14.9. The number of fused-ring (bicyclic) bond motifs is 2. The molecule has 1 saturated carbocycles. The number of nitrogens with zero attached hydrogens (tertiary/aromatic N) is 1. The van der Waals surface area contributed by atoms with Gasteiger partial charge in [0.1, 0.15) is 17.2 Å². The van der Waals surface area contributed by atoms with Crippen LogP contribution in [0.3, 0.4) is 0 Å². The monoisotopic (exact) mass is 441 g/mol. The van der Waals surface area contributed by atoms with Gasteiger partial charge in [0.05, 0.1) is 16.8 Å². The molecule has 2 aromatic carbocycles. The Balaban J connectivity index is 1.60. The van der Waals surface area contributed by atoms with E-state index in [1.165, 1.54) is 12.3 Å². The lowest BCUT2D eigenvalue weighted by molar-refractivity contribution is -0.123. The lowest BCUT2D eigenvalue weighted by Gasteiger charge is -2.36. The van der Waals surface area contributed by atoms with Crippen molar-refractivity contribution in [1.82, 2.24) is 4.98 Å². The third kappa shape index (κ3) is 3.21. The molecule has 1 amide bonds. The first kappa shape index (κ1) is 19.8. The van der Waals surface area contributed by atoms with Crippen molar-refractivity contribution < 1.29 is 23.2 Å². The summed E-state index contributed by atoms with van der Waals surface area (Å²) in [5.41, 5.74) is 2.42. The Hall–Kier alpha value is -3.17. The van der Waals surface area contributed by atoms with Gasteiger partial charge in [-0.15, -0.1) is 0 Å². The van der Waals surface area contributed by atoms with Gasteiger partial charge in [-0.3, -0.25) is 4.79 Å². The summed E-state index contributed by atoms with van der Waals surface area (Å²) in [5.74, 6) is -1.94. The Morgan fingerprint density at radius 1 is 1.16 bits per heavy atom. The van der Waals surface area contributed by atoms with Crippen LogP contribution in [-0.4, -0.2) is 20.6 Å². The standard InChI is InChI=1S/C22H17F2N3O3S/c23-13-2-3-18(17(24)9-13)31(30)27-14-10-15(12-4-7-25-19(28)8-12)20-16(11-14)22(5-1-6-22)21(29)26-20/h2-4,7-11,27H,1,5-6H2,(H,25,28)(H,26,29). The van der Waals surface area contributed by atoms with Crippen molar-refractivity contribution in [2.45, 2.75) is 29.6 Å². The van der Waals surface area contributed by atoms with Crippen LogP contribution < -0.4 is 10.0 Å². The van der Waals surface area contributed by atoms with Crippen LogP contribution in [-0.2, 0) is 21.6 Å². The molecule has 158 valence electrons. The van der Waals surface area contributed by atoms with Gasteiger partial charge >= 0.3 is 0 Å². The number of rotatable bonds is 4. The van der Waals surface area contributed by atoms with Gasteiger partial charge in [0, 0.05) is 30.0 Å². The summed E-state index contributed by atoms with van der Waals surface area (Å²) >= 11 is -2.00. The minimum Gasteiger partial charge on any atom is -0.588 e. The van der Waals surface area contributed by atoms with E-state index < -0.39 is 28.4 Å². The van der Waals surface area contributed by atoms with E-state index in [0.29, 0.717) is 41.4 Å². The van der Waals surface area contributed by atoms with Crippen LogP contribution in [0.1, 0.15) is 24.8 Å². The molecule has 9 heteroatoms. The second-order valence-electron chi connectivity index (χ2n) is 7.68. The minimum atomic E-state index is -2.00. The maximum absolute atomic E-state index is 14.1. The SMILES string of the molecule is O=C1Nc2c(-c3ccnc(O)c3)cc(N[S+]([O-])c3ccc(F)cc3F)cc2C12CCC2. The number of amides is 1. The van der Waals surface area contributed by atoms with Gasteiger partial charge in [-0.1, -0.05) is 6.42 Å². The highest BCUT2D eigenvalue weighted by Crippen LogP contribution is 2.54. The molecular weight excluding hydrogens is 424 g/mol. The number of anilines is 2. The Morgan fingerprint density at radius 3 is 2.65 bits per heavy atom. The van der Waals surface area contributed by atoms with Crippen LogP contribution in [0, 0.1) is 11.6 Å². The molecule has 1 aliphatic carbocycles. The zero-order chi connectivity index (χ0) is 21.8. The molecule has 1 aromatic heterocycles. The summed E-state index contributed by atoms with van der Waals surface area (Å²) in [4.78, 5) is 16.4. The van der Waals surface area contributed by atoms with E-state index in [1.807, 2.05) is 0 Å². The number of nitrogens with one attached hydrogen (secondary N) is 2. The van der Waals surface area contributed by atoms with Crippen LogP contribution in [0.5, 0.6) is 5.88 Å². The molecule has 1 aliphatic heterocycles. The van der Waals surface area contributed by atoms with Gasteiger partial charge in [-0.25, -0.2) is 18.5 Å². The molecule has 0 bridgehead atoms. The normalized spacial score (nSPS) is 17.1. The van der Waals surface area contributed by atoms with Crippen LogP contribution in [0.4, 0.5) is 20.2 Å². The van der Waals surface area contributed by atoms with Gasteiger partial charge in [-0.2, -0.15) is 0 Å². The molecule has 1 atom stereocenters. The van der Waals surface area contributed by atoms with E-state index in [9.17, 15) is 23.2 Å². The van der Waals surface area contributed by atoms with Crippen molar-refractivity contribution in [2.24, 2.45) is 0 Å². The van der Waals surface area contributed by atoms with Gasteiger partial charge in [0.2, 0.25) is 16.7 Å². The zero-order valence-corrected chi connectivity index (χ0v) is 16.9. The average Bonchev–Trinajstić information content (AvgIpc) is 2.99. The van der Waals surface area contributed by atoms with Gasteiger partial charge in [-0.05, 0) is 48.2 Å². The number of hydrogen-bond donors (Lipinski definition) is 3. The first-order valence-electron chi connectivity index (χ1n) is 9.66. The molecule has 3 aromatic rings. The maximum Gasteiger partial charge on any atom is 0.235 e. The number of benzene rings is 2.